The molecule has 50 valence electrons. The Morgan fingerprint density at radius 1 is 1.50 bits per heavy atom. The lowest BCUT2D eigenvalue weighted by Gasteiger charge is -2.21. The summed E-state index contributed by atoms with van der Waals surface area (Å²) in [5, 5.41) is 0. The third kappa shape index (κ3) is 3.24. The fourth-order valence-electron chi connectivity index (χ4n) is 0.190. The highest BCUT2D eigenvalue weighted by atomic mass is 35.5. The molecule has 0 aromatic rings. The molecule has 0 bridgehead atoms. The van der Waals surface area contributed by atoms with Gasteiger partial charge in [0.2, 0.25) is 0 Å². The SMILES string of the molecule is COC(C)(C)OCCl. The molecule has 0 aliphatic rings. The molecule has 0 amide bonds. The van der Waals surface area contributed by atoms with Crippen LogP contribution in [0.2, 0.25) is 0 Å². The molecule has 0 saturated heterocycles. The van der Waals surface area contributed by atoms with E-state index in [0.717, 1.165) is 0 Å². The van der Waals surface area contributed by atoms with Crippen molar-refractivity contribution in [2.45, 2.75) is 19.6 Å². The van der Waals surface area contributed by atoms with E-state index in [4.69, 9.17) is 21.1 Å². The van der Waals surface area contributed by atoms with Crippen LogP contribution in [-0.2, 0) is 9.47 Å². The lowest BCUT2D eigenvalue weighted by Crippen LogP contribution is -2.25. The molecule has 0 radical (unpaired) electrons. The normalized spacial score (nSPS) is 12.0. The largest absolute Gasteiger partial charge is 0.354 e. The summed E-state index contributed by atoms with van der Waals surface area (Å²) in [6.45, 7) is 3.60. The maximum absolute atomic E-state index is 5.26. The Morgan fingerprint density at radius 3 is 2.12 bits per heavy atom. The van der Waals surface area contributed by atoms with Gasteiger partial charge in [0.05, 0.1) is 0 Å². The van der Waals surface area contributed by atoms with Crippen LogP contribution in [0.25, 0.3) is 0 Å². The standard InChI is InChI=1S/C5H11ClO2/c1-5(2,7-3)8-4-6/h4H2,1-3H3. The maximum atomic E-state index is 5.26. The van der Waals surface area contributed by atoms with Gasteiger partial charge in [-0.1, -0.05) is 11.6 Å². The van der Waals surface area contributed by atoms with Gasteiger partial charge in [0.1, 0.15) is 6.07 Å². The van der Waals surface area contributed by atoms with Crippen molar-refractivity contribution < 1.29 is 9.47 Å². The average molecular weight is 139 g/mol. The van der Waals surface area contributed by atoms with Crippen LogP contribution in [0.1, 0.15) is 13.8 Å². The molecular weight excluding hydrogens is 128 g/mol. The first-order chi connectivity index (χ1) is 3.62. The summed E-state index contributed by atoms with van der Waals surface area (Å²) in [7, 11) is 1.58. The van der Waals surface area contributed by atoms with Crippen LogP contribution in [0.4, 0.5) is 0 Å². The summed E-state index contributed by atoms with van der Waals surface area (Å²) in [5.41, 5.74) is 0. The van der Waals surface area contributed by atoms with Crippen molar-refractivity contribution in [1.82, 2.24) is 0 Å². The smallest absolute Gasteiger partial charge is 0.163 e. The molecule has 0 spiro atoms. The number of hydrogen-bond acceptors (Lipinski definition) is 2. The minimum absolute atomic E-state index is 0.167. The van der Waals surface area contributed by atoms with Crippen LogP contribution in [0.5, 0.6) is 0 Å². The van der Waals surface area contributed by atoms with Crippen molar-refractivity contribution >= 4 is 11.6 Å². The fourth-order valence-corrected chi connectivity index (χ4v) is 0.453. The van der Waals surface area contributed by atoms with Gasteiger partial charge in [-0.25, -0.2) is 0 Å². The molecule has 0 N–H and O–H groups in total. The zero-order chi connectivity index (χ0) is 6.62. The molecule has 0 aromatic carbocycles. The second-order valence-electron chi connectivity index (χ2n) is 1.86. The van der Waals surface area contributed by atoms with Gasteiger partial charge in [-0.3, -0.25) is 0 Å². The first kappa shape index (κ1) is 8.21. The van der Waals surface area contributed by atoms with Crippen molar-refractivity contribution in [3.8, 4) is 0 Å². The lowest BCUT2D eigenvalue weighted by molar-refractivity contribution is -0.185. The summed E-state index contributed by atoms with van der Waals surface area (Å²) < 4.78 is 9.79. The first-order valence-corrected chi connectivity index (χ1v) is 2.91. The molecule has 0 rings (SSSR count). The molecular formula is C5H11ClO2. The van der Waals surface area contributed by atoms with Gasteiger partial charge in [-0.15, -0.1) is 0 Å². The number of rotatable bonds is 3. The van der Waals surface area contributed by atoms with Gasteiger partial charge < -0.3 is 9.47 Å². The third-order valence-corrected chi connectivity index (χ3v) is 1.00. The van der Waals surface area contributed by atoms with Crippen LogP contribution >= 0.6 is 11.6 Å². The highest BCUT2D eigenvalue weighted by molar-refractivity contribution is 6.17. The quantitative estimate of drug-likeness (QED) is 0.436. The Hall–Kier alpha value is 0.210. The minimum atomic E-state index is -0.540. The van der Waals surface area contributed by atoms with Gasteiger partial charge in [-0.05, 0) is 13.8 Å². The molecule has 0 aromatic heterocycles. The zero-order valence-electron chi connectivity index (χ0n) is 5.40. The zero-order valence-corrected chi connectivity index (χ0v) is 6.16. The summed E-state index contributed by atoms with van der Waals surface area (Å²) in [6.07, 6.45) is 0. The molecule has 0 atom stereocenters. The van der Waals surface area contributed by atoms with Crippen LogP contribution < -0.4 is 0 Å². The second kappa shape index (κ2) is 3.28. The van der Waals surface area contributed by atoms with Crippen molar-refractivity contribution in [3.05, 3.63) is 0 Å². The van der Waals surface area contributed by atoms with Gasteiger partial charge in [0.25, 0.3) is 0 Å². The van der Waals surface area contributed by atoms with E-state index in [-0.39, 0.29) is 6.07 Å². The van der Waals surface area contributed by atoms with Gasteiger partial charge in [0, 0.05) is 7.11 Å². The molecule has 2 nitrogen and oxygen atoms in total. The Bertz CT molecular complexity index is 63.4. The Labute approximate surface area is 54.7 Å². The van der Waals surface area contributed by atoms with E-state index >= 15 is 0 Å². The van der Waals surface area contributed by atoms with Crippen LogP contribution in [0, 0.1) is 0 Å². The Balaban J connectivity index is 3.37. The number of alkyl halides is 1. The molecule has 3 heteroatoms. The van der Waals surface area contributed by atoms with Gasteiger partial charge in [0.15, 0.2) is 5.79 Å². The lowest BCUT2D eigenvalue weighted by atomic mass is 10.4. The van der Waals surface area contributed by atoms with Crippen molar-refractivity contribution in [2.75, 3.05) is 13.2 Å². The molecule has 0 saturated carbocycles. The number of hydrogen-bond donors (Lipinski definition) is 0. The highest BCUT2D eigenvalue weighted by Gasteiger charge is 2.14. The highest BCUT2D eigenvalue weighted by Crippen LogP contribution is 2.08. The van der Waals surface area contributed by atoms with E-state index in [1.807, 2.05) is 0 Å². The number of halogens is 1. The number of methoxy groups -OCH3 is 1. The predicted octanol–water partition coefficient (Wildman–Crippen LogP) is 1.58. The summed E-state index contributed by atoms with van der Waals surface area (Å²) in [5.74, 6) is -0.540. The van der Waals surface area contributed by atoms with E-state index in [0.29, 0.717) is 0 Å². The summed E-state index contributed by atoms with van der Waals surface area (Å²) in [6, 6.07) is 0.167. The van der Waals surface area contributed by atoms with Gasteiger partial charge in [-0.2, -0.15) is 0 Å². The molecule has 0 heterocycles. The molecule has 0 unspecified atom stereocenters. The fraction of sp³-hybridized carbons (Fsp3) is 1.00. The van der Waals surface area contributed by atoms with Crippen LogP contribution in [0.3, 0.4) is 0 Å². The van der Waals surface area contributed by atoms with Gasteiger partial charge >= 0.3 is 0 Å². The second-order valence-corrected chi connectivity index (χ2v) is 2.08. The third-order valence-electron chi connectivity index (χ3n) is 0.894. The summed E-state index contributed by atoms with van der Waals surface area (Å²) in [4.78, 5) is 0. The van der Waals surface area contributed by atoms with Crippen molar-refractivity contribution in [2.24, 2.45) is 0 Å². The minimum Gasteiger partial charge on any atom is -0.354 e. The van der Waals surface area contributed by atoms with E-state index in [2.05, 4.69) is 0 Å². The van der Waals surface area contributed by atoms with Crippen molar-refractivity contribution in [3.63, 3.8) is 0 Å². The van der Waals surface area contributed by atoms with E-state index < -0.39 is 5.79 Å². The Morgan fingerprint density at radius 2 is 2.00 bits per heavy atom. The predicted molar refractivity (Wildman–Crippen MR) is 32.9 cm³/mol. The number of ether oxygens (including phenoxy) is 2. The van der Waals surface area contributed by atoms with Crippen LogP contribution in [-0.4, -0.2) is 19.0 Å². The average Bonchev–Trinajstić information content (AvgIpc) is 1.67. The van der Waals surface area contributed by atoms with E-state index in [9.17, 15) is 0 Å². The summed E-state index contributed by atoms with van der Waals surface area (Å²) >= 11 is 5.26. The molecule has 0 aliphatic carbocycles. The molecule has 0 aliphatic heterocycles. The molecule has 8 heavy (non-hydrogen) atoms. The van der Waals surface area contributed by atoms with E-state index in [1.54, 1.807) is 21.0 Å². The molecule has 0 fully saturated rings. The monoisotopic (exact) mass is 138 g/mol. The Kier molecular flexibility index (Phi) is 3.36. The maximum Gasteiger partial charge on any atom is 0.163 e. The van der Waals surface area contributed by atoms with E-state index in [1.165, 1.54) is 0 Å². The first-order valence-electron chi connectivity index (χ1n) is 2.37. The van der Waals surface area contributed by atoms with Crippen LogP contribution in [0.15, 0.2) is 0 Å². The topological polar surface area (TPSA) is 18.5 Å². The van der Waals surface area contributed by atoms with Crippen molar-refractivity contribution in [1.29, 1.82) is 0 Å².